The number of carbonyl (C=O) groups is 1. The molecule has 0 aromatic rings. The summed E-state index contributed by atoms with van der Waals surface area (Å²) in [5.41, 5.74) is 5.93. The van der Waals surface area contributed by atoms with E-state index in [2.05, 4.69) is 15.6 Å². The SMILES string of the molecule is I.NC(=NCCNC(=O)CC1CCCC1)NC1CCCCCC1. The predicted octanol–water partition coefficient (Wildman–Crippen LogP) is 2.93. The first-order valence-corrected chi connectivity index (χ1v) is 9.07. The Morgan fingerprint density at radius 1 is 1.00 bits per heavy atom. The molecule has 0 aromatic heterocycles. The fourth-order valence-corrected chi connectivity index (χ4v) is 3.60. The van der Waals surface area contributed by atoms with Gasteiger partial charge in [-0.3, -0.25) is 9.79 Å². The molecule has 0 aromatic carbocycles. The van der Waals surface area contributed by atoms with Crippen LogP contribution >= 0.6 is 24.0 Å². The molecule has 0 radical (unpaired) electrons. The zero-order valence-electron chi connectivity index (χ0n) is 14.2. The highest BCUT2D eigenvalue weighted by Crippen LogP contribution is 2.27. The van der Waals surface area contributed by atoms with Crippen LogP contribution in [0.1, 0.15) is 70.6 Å². The molecule has 6 heteroatoms. The van der Waals surface area contributed by atoms with Crippen molar-refractivity contribution in [1.82, 2.24) is 10.6 Å². The molecular formula is C17H33IN4O. The average Bonchev–Trinajstić information content (AvgIpc) is 2.86. The van der Waals surface area contributed by atoms with Crippen LogP contribution in [-0.2, 0) is 4.79 Å². The van der Waals surface area contributed by atoms with Gasteiger partial charge >= 0.3 is 0 Å². The predicted molar refractivity (Wildman–Crippen MR) is 106 cm³/mol. The van der Waals surface area contributed by atoms with Crippen molar-refractivity contribution in [3.05, 3.63) is 0 Å². The smallest absolute Gasteiger partial charge is 0.220 e. The number of nitrogens with two attached hydrogens (primary N) is 1. The standard InChI is InChI=1S/C17H32N4O.HI/c18-17(21-15-9-3-1-2-4-10-15)20-12-11-19-16(22)13-14-7-5-6-8-14;/h14-15H,1-13H2,(H,19,22)(H3,18,20,21);1H. The molecule has 23 heavy (non-hydrogen) atoms. The minimum atomic E-state index is 0. The molecule has 0 bridgehead atoms. The van der Waals surface area contributed by atoms with Gasteiger partial charge in [0.15, 0.2) is 5.96 Å². The van der Waals surface area contributed by atoms with E-state index < -0.39 is 0 Å². The van der Waals surface area contributed by atoms with Gasteiger partial charge in [0.25, 0.3) is 0 Å². The molecule has 0 spiro atoms. The van der Waals surface area contributed by atoms with Gasteiger partial charge in [-0.05, 0) is 31.6 Å². The lowest BCUT2D eigenvalue weighted by atomic mass is 10.0. The lowest BCUT2D eigenvalue weighted by Crippen LogP contribution is -2.40. The van der Waals surface area contributed by atoms with E-state index in [1.807, 2.05) is 0 Å². The average molecular weight is 436 g/mol. The lowest BCUT2D eigenvalue weighted by molar-refractivity contribution is -0.121. The quantitative estimate of drug-likeness (QED) is 0.197. The van der Waals surface area contributed by atoms with Crippen molar-refractivity contribution >= 4 is 35.8 Å². The molecule has 2 aliphatic carbocycles. The zero-order chi connectivity index (χ0) is 15.6. The summed E-state index contributed by atoms with van der Waals surface area (Å²) in [4.78, 5) is 16.1. The lowest BCUT2D eigenvalue weighted by Gasteiger charge is -2.16. The highest BCUT2D eigenvalue weighted by Gasteiger charge is 2.18. The van der Waals surface area contributed by atoms with Crippen LogP contribution in [0.3, 0.4) is 0 Å². The van der Waals surface area contributed by atoms with Gasteiger partial charge in [0.2, 0.25) is 5.91 Å². The molecule has 0 saturated heterocycles. The highest BCUT2D eigenvalue weighted by molar-refractivity contribution is 14.0. The Labute approximate surface area is 157 Å². The number of hydrogen-bond donors (Lipinski definition) is 3. The summed E-state index contributed by atoms with van der Waals surface area (Å²) in [6.07, 6.45) is 13.3. The fraction of sp³-hybridized carbons (Fsp3) is 0.882. The number of rotatable bonds is 6. The molecule has 134 valence electrons. The van der Waals surface area contributed by atoms with E-state index in [9.17, 15) is 4.79 Å². The number of hydrogen-bond acceptors (Lipinski definition) is 2. The van der Waals surface area contributed by atoms with Crippen molar-refractivity contribution in [2.24, 2.45) is 16.6 Å². The molecule has 2 rings (SSSR count). The Hall–Kier alpha value is -0.530. The van der Waals surface area contributed by atoms with Crippen molar-refractivity contribution in [3.8, 4) is 0 Å². The van der Waals surface area contributed by atoms with Crippen LogP contribution in [0.15, 0.2) is 4.99 Å². The number of halogens is 1. The summed E-state index contributed by atoms with van der Waals surface area (Å²) >= 11 is 0. The first kappa shape index (κ1) is 20.5. The first-order valence-electron chi connectivity index (χ1n) is 9.07. The number of nitrogens with one attached hydrogen (secondary N) is 2. The fourth-order valence-electron chi connectivity index (χ4n) is 3.60. The molecule has 2 aliphatic rings. The minimum Gasteiger partial charge on any atom is -0.370 e. The van der Waals surface area contributed by atoms with Crippen molar-refractivity contribution in [2.75, 3.05) is 13.1 Å². The van der Waals surface area contributed by atoms with Crippen molar-refractivity contribution in [2.45, 2.75) is 76.7 Å². The monoisotopic (exact) mass is 436 g/mol. The molecule has 0 aliphatic heterocycles. The van der Waals surface area contributed by atoms with E-state index in [1.165, 1.54) is 64.2 Å². The van der Waals surface area contributed by atoms with E-state index >= 15 is 0 Å². The van der Waals surface area contributed by atoms with Gasteiger partial charge in [-0.1, -0.05) is 38.5 Å². The third-order valence-electron chi connectivity index (χ3n) is 4.87. The van der Waals surface area contributed by atoms with Gasteiger partial charge in [0.05, 0.1) is 6.54 Å². The van der Waals surface area contributed by atoms with Crippen LogP contribution in [0.5, 0.6) is 0 Å². The van der Waals surface area contributed by atoms with E-state index in [0.29, 0.717) is 37.4 Å². The number of aliphatic imine (C=N–C) groups is 1. The first-order chi connectivity index (χ1) is 10.7. The Balaban J connectivity index is 0.00000264. The summed E-state index contributed by atoms with van der Waals surface area (Å²) in [5, 5.41) is 6.27. The molecule has 0 atom stereocenters. The summed E-state index contributed by atoms with van der Waals surface area (Å²) in [6.45, 7) is 1.14. The van der Waals surface area contributed by atoms with Crippen molar-refractivity contribution in [1.29, 1.82) is 0 Å². The Morgan fingerprint density at radius 2 is 1.61 bits per heavy atom. The van der Waals surface area contributed by atoms with Gasteiger partial charge < -0.3 is 16.4 Å². The van der Waals surface area contributed by atoms with Crippen molar-refractivity contribution in [3.63, 3.8) is 0 Å². The maximum Gasteiger partial charge on any atom is 0.220 e. The van der Waals surface area contributed by atoms with Crippen LogP contribution in [0.4, 0.5) is 0 Å². The topological polar surface area (TPSA) is 79.5 Å². The normalized spacial score (nSPS) is 20.6. The zero-order valence-corrected chi connectivity index (χ0v) is 16.5. The van der Waals surface area contributed by atoms with Crippen LogP contribution in [0, 0.1) is 5.92 Å². The van der Waals surface area contributed by atoms with E-state index in [-0.39, 0.29) is 29.9 Å². The van der Waals surface area contributed by atoms with Gasteiger partial charge in [0, 0.05) is 19.0 Å². The van der Waals surface area contributed by atoms with E-state index in [0.717, 1.165) is 0 Å². The second kappa shape index (κ2) is 11.9. The molecule has 0 unspecified atom stereocenters. The maximum absolute atomic E-state index is 11.8. The largest absolute Gasteiger partial charge is 0.370 e. The maximum atomic E-state index is 11.8. The molecule has 2 fully saturated rings. The molecule has 5 nitrogen and oxygen atoms in total. The number of nitrogens with zero attached hydrogens (tertiary/aromatic N) is 1. The number of carbonyl (C=O) groups excluding carboxylic acids is 1. The van der Waals surface area contributed by atoms with Crippen LogP contribution in [-0.4, -0.2) is 31.0 Å². The third kappa shape index (κ3) is 8.77. The molecule has 2 saturated carbocycles. The summed E-state index contributed by atoms with van der Waals surface area (Å²) in [5.74, 6) is 1.29. The van der Waals surface area contributed by atoms with Crippen LogP contribution in [0.2, 0.25) is 0 Å². The third-order valence-corrected chi connectivity index (χ3v) is 4.87. The van der Waals surface area contributed by atoms with E-state index in [1.54, 1.807) is 0 Å². The highest BCUT2D eigenvalue weighted by atomic mass is 127. The number of amides is 1. The summed E-state index contributed by atoms with van der Waals surface area (Å²) in [7, 11) is 0. The second-order valence-electron chi connectivity index (χ2n) is 6.80. The number of guanidine groups is 1. The second-order valence-corrected chi connectivity index (χ2v) is 6.80. The molecular weight excluding hydrogens is 403 g/mol. The van der Waals surface area contributed by atoms with Gasteiger partial charge in [-0.25, -0.2) is 0 Å². The Kier molecular flexibility index (Phi) is 10.6. The molecule has 1 amide bonds. The Morgan fingerprint density at radius 3 is 2.26 bits per heavy atom. The summed E-state index contributed by atoms with van der Waals surface area (Å²) < 4.78 is 0. The van der Waals surface area contributed by atoms with Gasteiger partial charge in [-0.2, -0.15) is 0 Å². The van der Waals surface area contributed by atoms with Crippen molar-refractivity contribution < 1.29 is 4.79 Å². The van der Waals surface area contributed by atoms with Gasteiger partial charge in [-0.15, -0.1) is 24.0 Å². The summed E-state index contributed by atoms with van der Waals surface area (Å²) in [6, 6.07) is 0.475. The van der Waals surface area contributed by atoms with Crippen LogP contribution < -0.4 is 16.4 Å². The molecule has 4 N–H and O–H groups in total. The van der Waals surface area contributed by atoms with Gasteiger partial charge in [0.1, 0.15) is 0 Å². The minimum absolute atomic E-state index is 0. The Bertz CT molecular complexity index is 362. The molecule has 0 heterocycles. The van der Waals surface area contributed by atoms with Crippen LogP contribution in [0.25, 0.3) is 0 Å². The van der Waals surface area contributed by atoms with E-state index in [4.69, 9.17) is 5.73 Å².